The fourth-order valence-electron chi connectivity index (χ4n) is 1.94. The van der Waals surface area contributed by atoms with Crippen LogP contribution in [0.4, 0.5) is 0 Å². The van der Waals surface area contributed by atoms with Crippen molar-refractivity contribution in [1.29, 1.82) is 0 Å². The van der Waals surface area contributed by atoms with Gasteiger partial charge in [0.15, 0.2) is 5.78 Å². The van der Waals surface area contributed by atoms with E-state index in [0.29, 0.717) is 5.75 Å². The molecule has 1 saturated heterocycles. The summed E-state index contributed by atoms with van der Waals surface area (Å²) in [6.07, 6.45) is 0. The molecule has 0 radical (unpaired) electrons. The Kier molecular flexibility index (Phi) is 5.06. The summed E-state index contributed by atoms with van der Waals surface area (Å²) in [6, 6.07) is 7.81. The number of methoxy groups -OCH3 is 1. The molecule has 19 heavy (non-hydrogen) atoms. The van der Waals surface area contributed by atoms with E-state index in [0.717, 1.165) is 22.9 Å². The molecule has 0 saturated carbocycles. The third-order valence-electron chi connectivity index (χ3n) is 3.06. The van der Waals surface area contributed by atoms with Gasteiger partial charge in [0.1, 0.15) is 10.6 Å². The van der Waals surface area contributed by atoms with E-state index in [1.165, 1.54) is 0 Å². The van der Waals surface area contributed by atoms with Gasteiger partial charge >= 0.3 is 0 Å². The molecule has 1 aromatic rings. The molecule has 0 aromatic heterocycles. The number of thioether (sulfide) groups is 2. The molecule has 0 aliphatic carbocycles. The molecule has 1 unspecified atom stereocenters. The molecule has 1 fully saturated rings. The quantitative estimate of drug-likeness (QED) is 0.614. The van der Waals surface area contributed by atoms with Crippen LogP contribution in [0.3, 0.4) is 0 Å². The maximum Gasteiger partial charge on any atom is 0.162 e. The van der Waals surface area contributed by atoms with Gasteiger partial charge in [-0.1, -0.05) is 12.1 Å². The smallest absolute Gasteiger partial charge is 0.162 e. The van der Waals surface area contributed by atoms with E-state index in [4.69, 9.17) is 16.5 Å². The van der Waals surface area contributed by atoms with Crippen LogP contribution >= 0.6 is 35.3 Å². The molecule has 6 heteroatoms. The van der Waals surface area contributed by atoms with Crippen molar-refractivity contribution in [3.63, 3.8) is 0 Å². The van der Waals surface area contributed by atoms with E-state index >= 15 is 0 Å². The van der Waals surface area contributed by atoms with Gasteiger partial charge in [-0.3, -0.25) is 4.79 Å². The second-order valence-electron chi connectivity index (χ2n) is 4.21. The average Bonchev–Trinajstić information content (AvgIpc) is 2.79. The lowest BCUT2D eigenvalue weighted by Gasteiger charge is -2.30. The number of hydrogen-bond acceptors (Lipinski definition) is 5. The fourth-order valence-corrected chi connectivity index (χ4v) is 5.26. The lowest BCUT2D eigenvalue weighted by atomic mass is 10.2. The lowest BCUT2D eigenvalue weighted by molar-refractivity contribution is -0.120. The Labute approximate surface area is 127 Å². The summed E-state index contributed by atoms with van der Waals surface area (Å²) in [7, 11) is 1.65. The minimum atomic E-state index is -0.618. The first-order valence-corrected chi connectivity index (χ1v) is 8.25. The molecule has 2 rings (SSSR count). The predicted molar refractivity (Wildman–Crippen MR) is 82.1 cm³/mol. The molecule has 0 spiro atoms. The Morgan fingerprint density at radius 3 is 2.89 bits per heavy atom. The normalized spacial score (nSPS) is 23.5. The number of rotatable bonds is 5. The topological polar surface area (TPSA) is 29.5 Å². The highest BCUT2D eigenvalue weighted by molar-refractivity contribution is 8.04. The highest BCUT2D eigenvalue weighted by Gasteiger charge is 2.45. The van der Waals surface area contributed by atoms with Crippen molar-refractivity contribution in [3.8, 4) is 5.75 Å². The number of para-hydroxylation sites is 1. The van der Waals surface area contributed by atoms with E-state index < -0.39 is 4.87 Å². The zero-order valence-corrected chi connectivity index (χ0v) is 13.3. The number of halogens is 1. The van der Waals surface area contributed by atoms with Crippen LogP contribution in [-0.4, -0.2) is 40.2 Å². The molecule has 1 atom stereocenters. The van der Waals surface area contributed by atoms with E-state index in [2.05, 4.69) is 0 Å². The molecular weight excluding hydrogens is 302 g/mol. The van der Waals surface area contributed by atoms with Crippen molar-refractivity contribution < 1.29 is 9.53 Å². The highest BCUT2D eigenvalue weighted by Crippen LogP contribution is 2.43. The van der Waals surface area contributed by atoms with Gasteiger partial charge in [-0.2, -0.15) is 4.42 Å². The Morgan fingerprint density at radius 2 is 2.32 bits per heavy atom. The minimum absolute atomic E-state index is 0.104. The molecule has 3 nitrogen and oxygen atoms in total. The van der Waals surface area contributed by atoms with E-state index in [1.807, 2.05) is 24.3 Å². The monoisotopic (exact) mass is 317 g/mol. The zero-order chi connectivity index (χ0) is 13.9. The van der Waals surface area contributed by atoms with Crippen LogP contribution in [-0.2, 0) is 4.79 Å². The van der Waals surface area contributed by atoms with E-state index in [-0.39, 0.29) is 5.78 Å². The number of Topliss-reactive ketones (excluding diaryl/α,β-unsaturated/α-hetero) is 1. The van der Waals surface area contributed by atoms with Crippen molar-refractivity contribution in [3.05, 3.63) is 24.3 Å². The second-order valence-corrected chi connectivity index (χ2v) is 7.01. The third kappa shape index (κ3) is 3.05. The minimum Gasteiger partial charge on any atom is -0.496 e. The van der Waals surface area contributed by atoms with Gasteiger partial charge < -0.3 is 4.74 Å². The number of nitrogens with zero attached hydrogens (tertiary/aromatic N) is 1. The molecule has 0 bridgehead atoms. The maximum atomic E-state index is 12.0. The van der Waals surface area contributed by atoms with Gasteiger partial charge in [-0.25, -0.2) is 0 Å². The molecular formula is C13H16ClNO2S2. The SMILES string of the molecule is COc1ccccc1SCC1(C(C)=O)SCCN1Cl. The first-order chi connectivity index (χ1) is 9.10. The summed E-state index contributed by atoms with van der Waals surface area (Å²) in [5.74, 6) is 2.44. The Hall–Kier alpha value is -0.360. The van der Waals surface area contributed by atoms with Crippen LogP contribution in [0.25, 0.3) is 0 Å². The van der Waals surface area contributed by atoms with Gasteiger partial charge in [0.2, 0.25) is 0 Å². The number of benzene rings is 1. The van der Waals surface area contributed by atoms with Crippen LogP contribution in [0.2, 0.25) is 0 Å². The number of hydrogen-bond donors (Lipinski definition) is 0. The Bertz CT molecular complexity index is 472. The van der Waals surface area contributed by atoms with Crippen LogP contribution < -0.4 is 4.74 Å². The van der Waals surface area contributed by atoms with Crippen molar-refractivity contribution in [2.75, 3.05) is 25.2 Å². The van der Waals surface area contributed by atoms with Crippen molar-refractivity contribution in [2.24, 2.45) is 0 Å². The third-order valence-corrected chi connectivity index (χ3v) is 6.53. The Morgan fingerprint density at radius 1 is 1.58 bits per heavy atom. The predicted octanol–water partition coefficient (Wildman–Crippen LogP) is 3.28. The van der Waals surface area contributed by atoms with E-state index in [1.54, 1.807) is 42.0 Å². The van der Waals surface area contributed by atoms with Crippen molar-refractivity contribution >= 4 is 41.1 Å². The van der Waals surface area contributed by atoms with Crippen LogP contribution in [0.15, 0.2) is 29.2 Å². The largest absolute Gasteiger partial charge is 0.496 e. The van der Waals surface area contributed by atoms with Crippen molar-refractivity contribution in [1.82, 2.24) is 4.42 Å². The summed E-state index contributed by atoms with van der Waals surface area (Å²) >= 11 is 9.45. The molecule has 104 valence electrons. The summed E-state index contributed by atoms with van der Waals surface area (Å²) < 4.78 is 6.96. The second kappa shape index (κ2) is 6.39. The Balaban J connectivity index is 2.14. The molecule has 1 aromatic carbocycles. The molecule has 0 N–H and O–H groups in total. The van der Waals surface area contributed by atoms with Crippen LogP contribution in [0.1, 0.15) is 6.92 Å². The fraction of sp³-hybridized carbons (Fsp3) is 0.462. The number of ether oxygens (including phenoxy) is 1. The maximum absolute atomic E-state index is 12.0. The van der Waals surface area contributed by atoms with Gasteiger partial charge in [0, 0.05) is 22.9 Å². The molecule has 1 heterocycles. The molecule has 1 aliphatic heterocycles. The average molecular weight is 318 g/mol. The molecule has 1 aliphatic rings. The summed E-state index contributed by atoms with van der Waals surface area (Å²) in [6.45, 7) is 2.34. The van der Waals surface area contributed by atoms with Gasteiger partial charge in [-0.05, 0) is 30.8 Å². The number of carbonyl (C=O) groups is 1. The van der Waals surface area contributed by atoms with Gasteiger partial charge in [-0.15, -0.1) is 23.5 Å². The first-order valence-electron chi connectivity index (χ1n) is 5.94. The summed E-state index contributed by atoms with van der Waals surface area (Å²) in [5.41, 5.74) is 0. The van der Waals surface area contributed by atoms with Crippen molar-refractivity contribution in [2.45, 2.75) is 16.7 Å². The lowest BCUT2D eigenvalue weighted by Crippen LogP contribution is -2.44. The van der Waals surface area contributed by atoms with E-state index in [9.17, 15) is 4.79 Å². The molecule has 0 amide bonds. The van der Waals surface area contributed by atoms with Crippen LogP contribution in [0, 0.1) is 0 Å². The van der Waals surface area contributed by atoms with Crippen LogP contribution in [0.5, 0.6) is 5.75 Å². The first kappa shape index (κ1) is 15.0. The number of ketones is 1. The summed E-state index contributed by atoms with van der Waals surface area (Å²) in [5, 5.41) is 0. The zero-order valence-electron chi connectivity index (χ0n) is 10.9. The summed E-state index contributed by atoms with van der Waals surface area (Å²) in [4.78, 5) is 12.4. The van der Waals surface area contributed by atoms with Gasteiger partial charge in [0.05, 0.1) is 7.11 Å². The number of carbonyl (C=O) groups excluding carboxylic acids is 1. The standard InChI is InChI=1S/C13H16ClNO2S2/c1-10(16)13(15(14)7-8-19-13)9-18-12-6-4-3-5-11(12)17-2/h3-6H,7-9H2,1-2H3. The highest BCUT2D eigenvalue weighted by atomic mass is 35.5. The van der Waals surface area contributed by atoms with Gasteiger partial charge in [0.25, 0.3) is 0 Å².